The molecule has 0 saturated carbocycles. The van der Waals surface area contributed by atoms with Gasteiger partial charge < -0.3 is 0 Å². The first-order valence-corrected chi connectivity index (χ1v) is 5.28. The molecule has 0 N–H and O–H groups in total. The standard InChI is InChI=1S/C11H15Br/c1-3-4-5-10-6-7-11(12)8-9(10)2/h6-8H,3-5H2,1-2H3. The maximum atomic E-state index is 3.46. The minimum Gasteiger partial charge on any atom is -0.0654 e. The van der Waals surface area contributed by atoms with Crippen LogP contribution in [0.3, 0.4) is 0 Å². The summed E-state index contributed by atoms with van der Waals surface area (Å²) in [5.74, 6) is 0. The summed E-state index contributed by atoms with van der Waals surface area (Å²) in [6, 6.07) is 6.53. The minimum absolute atomic E-state index is 1.18. The number of rotatable bonds is 3. The van der Waals surface area contributed by atoms with Gasteiger partial charge in [0.25, 0.3) is 0 Å². The minimum atomic E-state index is 1.18. The lowest BCUT2D eigenvalue weighted by atomic mass is 10.0. The quantitative estimate of drug-likeness (QED) is 0.729. The highest BCUT2D eigenvalue weighted by Gasteiger charge is 1.97. The van der Waals surface area contributed by atoms with Crippen molar-refractivity contribution in [2.75, 3.05) is 0 Å². The number of hydrogen-bond acceptors (Lipinski definition) is 0. The van der Waals surface area contributed by atoms with Gasteiger partial charge in [-0.15, -0.1) is 0 Å². The van der Waals surface area contributed by atoms with Gasteiger partial charge in [-0.25, -0.2) is 0 Å². The molecule has 1 rings (SSSR count). The normalized spacial score (nSPS) is 10.2. The van der Waals surface area contributed by atoms with Crippen LogP contribution in [0.25, 0.3) is 0 Å². The van der Waals surface area contributed by atoms with E-state index >= 15 is 0 Å². The highest BCUT2D eigenvalue weighted by Crippen LogP contribution is 2.17. The molecule has 0 aliphatic rings. The van der Waals surface area contributed by atoms with Crippen LogP contribution in [0.4, 0.5) is 0 Å². The molecule has 0 atom stereocenters. The van der Waals surface area contributed by atoms with Crippen LogP contribution in [0, 0.1) is 6.92 Å². The third kappa shape index (κ3) is 2.63. The average molecular weight is 227 g/mol. The lowest BCUT2D eigenvalue weighted by Crippen LogP contribution is -1.88. The molecule has 0 aliphatic carbocycles. The van der Waals surface area contributed by atoms with Crippen LogP contribution < -0.4 is 0 Å². The SMILES string of the molecule is CCCCc1ccc(Br)cc1C. The fourth-order valence-electron chi connectivity index (χ4n) is 1.31. The number of benzene rings is 1. The van der Waals surface area contributed by atoms with E-state index in [4.69, 9.17) is 0 Å². The van der Waals surface area contributed by atoms with E-state index in [9.17, 15) is 0 Å². The third-order valence-corrected chi connectivity index (χ3v) is 2.60. The van der Waals surface area contributed by atoms with Gasteiger partial charge in [-0.3, -0.25) is 0 Å². The Morgan fingerprint density at radius 2 is 2.08 bits per heavy atom. The van der Waals surface area contributed by atoms with Crippen LogP contribution in [0.5, 0.6) is 0 Å². The van der Waals surface area contributed by atoms with Crippen molar-refractivity contribution in [1.29, 1.82) is 0 Å². The Balaban J connectivity index is 2.72. The molecular weight excluding hydrogens is 212 g/mol. The van der Waals surface area contributed by atoms with Crippen LogP contribution >= 0.6 is 15.9 Å². The second-order valence-corrected chi connectivity index (χ2v) is 4.09. The summed E-state index contributed by atoms with van der Waals surface area (Å²) in [5.41, 5.74) is 2.89. The van der Waals surface area contributed by atoms with Gasteiger partial charge in [0, 0.05) is 4.47 Å². The molecule has 0 unspecified atom stereocenters. The van der Waals surface area contributed by atoms with Gasteiger partial charge in [-0.05, 0) is 43.0 Å². The van der Waals surface area contributed by atoms with E-state index < -0.39 is 0 Å². The molecule has 0 nitrogen and oxygen atoms in total. The van der Waals surface area contributed by atoms with Crippen molar-refractivity contribution in [3.63, 3.8) is 0 Å². The first-order chi connectivity index (χ1) is 5.74. The van der Waals surface area contributed by atoms with Crippen LogP contribution in [-0.2, 0) is 6.42 Å². The Hall–Kier alpha value is -0.300. The van der Waals surface area contributed by atoms with Gasteiger partial charge in [-0.1, -0.05) is 35.3 Å². The van der Waals surface area contributed by atoms with Crippen molar-refractivity contribution in [3.05, 3.63) is 33.8 Å². The highest BCUT2D eigenvalue weighted by molar-refractivity contribution is 9.10. The summed E-state index contributed by atoms with van der Waals surface area (Å²) in [5, 5.41) is 0. The molecule has 0 aliphatic heterocycles. The Kier molecular flexibility index (Phi) is 3.80. The first kappa shape index (κ1) is 9.79. The second kappa shape index (κ2) is 4.66. The molecule has 66 valence electrons. The Morgan fingerprint density at radius 3 is 2.67 bits per heavy atom. The summed E-state index contributed by atoms with van der Waals surface area (Å²) < 4.78 is 1.18. The molecule has 1 aromatic carbocycles. The molecule has 0 spiro atoms. The number of hydrogen-bond donors (Lipinski definition) is 0. The molecule has 0 bridgehead atoms. The van der Waals surface area contributed by atoms with Crippen molar-refractivity contribution >= 4 is 15.9 Å². The topological polar surface area (TPSA) is 0 Å². The zero-order valence-electron chi connectivity index (χ0n) is 7.73. The van der Waals surface area contributed by atoms with Gasteiger partial charge in [0.15, 0.2) is 0 Å². The summed E-state index contributed by atoms with van der Waals surface area (Å²) in [7, 11) is 0. The molecular formula is C11H15Br. The van der Waals surface area contributed by atoms with Crippen molar-refractivity contribution in [2.45, 2.75) is 33.1 Å². The summed E-state index contributed by atoms with van der Waals surface area (Å²) in [6.07, 6.45) is 3.79. The van der Waals surface area contributed by atoms with Crippen molar-refractivity contribution in [1.82, 2.24) is 0 Å². The lowest BCUT2D eigenvalue weighted by Gasteiger charge is -2.04. The Bertz CT molecular complexity index is 253. The van der Waals surface area contributed by atoms with E-state index in [1.807, 2.05) is 0 Å². The molecule has 0 saturated heterocycles. The zero-order chi connectivity index (χ0) is 8.97. The summed E-state index contributed by atoms with van der Waals surface area (Å²) in [4.78, 5) is 0. The molecule has 0 heterocycles. The zero-order valence-corrected chi connectivity index (χ0v) is 9.32. The van der Waals surface area contributed by atoms with Gasteiger partial charge >= 0.3 is 0 Å². The van der Waals surface area contributed by atoms with Crippen LogP contribution in [0.1, 0.15) is 30.9 Å². The maximum Gasteiger partial charge on any atom is 0.0178 e. The van der Waals surface area contributed by atoms with E-state index in [0.29, 0.717) is 0 Å². The van der Waals surface area contributed by atoms with E-state index in [1.54, 1.807) is 0 Å². The van der Waals surface area contributed by atoms with Gasteiger partial charge in [0.2, 0.25) is 0 Å². The molecule has 0 amide bonds. The van der Waals surface area contributed by atoms with Gasteiger partial charge in [0.05, 0.1) is 0 Å². The fraction of sp³-hybridized carbons (Fsp3) is 0.455. The average Bonchev–Trinajstić information content (AvgIpc) is 2.03. The van der Waals surface area contributed by atoms with E-state index in [2.05, 4.69) is 48.0 Å². The number of unbranched alkanes of at least 4 members (excludes halogenated alkanes) is 1. The summed E-state index contributed by atoms with van der Waals surface area (Å²) >= 11 is 3.46. The molecule has 0 aromatic heterocycles. The number of halogens is 1. The lowest BCUT2D eigenvalue weighted by molar-refractivity contribution is 0.791. The van der Waals surface area contributed by atoms with E-state index in [1.165, 1.54) is 34.9 Å². The predicted octanol–water partition coefficient (Wildman–Crippen LogP) is 4.10. The van der Waals surface area contributed by atoms with Crippen molar-refractivity contribution < 1.29 is 0 Å². The Labute approximate surface area is 83.1 Å². The maximum absolute atomic E-state index is 3.46. The third-order valence-electron chi connectivity index (χ3n) is 2.10. The van der Waals surface area contributed by atoms with Crippen LogP contribution in [0.2, 0.25) is 0 Å². The van der Waals surface area contributed by atoms with Crippen molar-refractivity contribution in [3.8, 4) is 0 Å². The molecule has 12 heavy (non-hydrogen) atoms. The summed E-state index contributed by atoms with van der Waals surface area (Å²) in [6.45, 7) is 4.41. The molecule has 1 aromatic rings. The van der Waals surface area contributed by atoms with E-state index in [-0.39, 0.29) is 0 Å². The second-order valence-electron chi connectivity index (χ2n) is 3.17. The van der Waals surface area contributed by atoms with E-state index in [0.717, 1.165) is 0 Å². The molecule has 1 heteroatoms. The number of aryl methyl sites for hydroxylation is 2. The van der Waals surface area contributed by atoms with Crippen LogP contribution in [0.15, 0.2) is 22.7 Å². The smallest absolute Gasteiger partial charge is 0.0178 e. The predicted molar refractivity (Wildman–Crippen MR) is 57.5 cm³/mol. The molecule has 0 fully saturated rings. The van der Waals surface area contributed by atoms with Gasteiger partial charge in [-0.2, -0.15) is 0 Å². The van der Waals surface area contributed by atoms with Gasteiger partial charge in [0.1, 0.15) is 0 Å². The van der Waals surface area contributed by atoms with Crippen LogP contribution in [-0.4, -0.2) is 0 Å². The monoisotopic (exact) mass is 226 g/mol. The molecule has 0 radical (unpaired) electrons. The fourth-order valence-corrected chi connectivity index (χ4v) is 1.78. The van der Waals surface area contributed by atoms with Crippen molar-refractivity contribution in [2.24, 2.45) is 0 Å². The highest BCUT2D eigenvalue weighted by atomic mass is 79.9. The first-order valence-electron chi connectivity index (χ1n) is 4.49. The Morgan fingerprint density at radius 1 is 1.33 bits per heavy atom. The largest absolute Gasteiger partial charge is 0.0654 e.